The van der Waals surface area contributed by atoms with Gasteiger partial charge in [-0.2, -0.15) is 0 Å². The summed E-state index contributed by atoms with van der Waals surface area (Å²) < 4.78 is 11.5. The lowest BCUT2D eigenvalue weighted by Gasteiger charge is -2.21. The van der Waals surface area contributed by atoms with Crippen LogP contribution in [0, 0.1) is 6.92 Å². The van der Waals surface area contributed by atoms with Crippen LogP contribution in [0.2, 0.25) is 5.02 Å². The second-order valence-electron chi connectivity index (χ2n) is 8.61. The van der Waals surface area contributed by atoms with Gasteiger partial charge in [0, 0.05) is 29.4 Å². The maximum absolute atomic E-state index is 12.5. The first-order chi connectivity index (χ1) is 16.5. The fourth-order valence-electron chi connectivity index (χ4n) is 2.89. The Hall–Kier alpha value is -3.82. The van der Waals surface area contributed by atoms with Crippen molar-refractivity contribution in [3.8, 4) is 17.2 Å². The third kappa shape index (κ3) is 7.87. The van der Waals surface area contributed by atoms with E-state index in [0.29, 0.717) is 28.0 Å². The normalized spacial score (nSPS) is 11.0. The molecule has 0 aliphatic heterocycles. The highest BCUT2D eigenvalue weighted by atomic mass is 35.5. The number of halogens is 1. The van der Waals surface area contributed by atoms with Crippen LogP contribution in [0.15, 0.2) is 54.7 Å². The summed E-state index contributed by atoms with van der Waals surface area (Å²) in [5, 5.41) is 15.1. The Bertz CT molecular complexity index is 1210. The lowest BCUT2D eigenvalue weighted by atomic mass is 10.1. The maximum Gasteiger partial charge on any atom is 0.354 e. The standard InChI is InChI=1S/C25H27ClN4O5/c1-15-10-22(34-14-25(2,3)27)20(12-19(15)26)30-24(33)29-13-16-4-6-17(7-5-16)35-18-8-9-28-21(11-18)23(31)32/h4-12H,13-14,27H2,1-3H3,(H,31,32)(H2,29,30,33). The molecule has 0 saturated heterocycles. The first-order valence-electron chi connectivity index (χ1n) is 10.7. The number of ether oxygens (including phenoxy) is 2. The van der Waals surface area contributed by atoms with E-state index in [0.717, 1.165) is 11.1 Å². The molecule has 1 aromatic heterocycles. The molecule has 0 radical (unpaired) electrons. The van der Waals surface area contributed by atoms with Crippen LogP contribution in [0.5, 0.6) is 17.2 Å². The number of nitrogens with one attached hydrogen (secondary N) is 2. The summed E-state index contributed by atoms with van der Waals surface area (Å²) in [5.74, 6) is 0.212. The molecule has 5 N–H and O–H groups in total. The van der Waals surface area contributed by atoms with Gasteiger partial charge in [0.05, 0.1) is 5.69 Å². The number of pyridine rings is 1. The molecule has 10 heteroatoms. The van der Waals surface area contributed by atoms with Gasteiger partial charge in [0.1, 0.15) is 23.9 Å². The van der Waals surface area contributed by atoms with Gasteiger partial charge in [-0.15, -0.1) is 0 Å². The number of carbonyl (C=O) groups is 2. The summed E-state index contributed by atoms with van der Waals surface area (Å²) in [6.07, 6.45) is 1.37. The van der Waals surface area contributed by atoms with Crippen molar-refractivity contribution in [1.29, 1.82) is 0 Å². The average molecular weight is 499 g/mol. The number of carboxylic acid groups (broad SMARTS) is 1. The Morgan fingerprint density at radius 3 is 2.49 bits per heavy atom. The molecule has 2 aromatic carbocycles. The first kappa shape index (κ1) is 25.8. The molecule has 184 valence electrons. The number of nitrogens with zero attached hydrogens (tertiary/aromatic N) is 1. The summed E-state index contributed by atoms with van der Waals surface area (Å²) in [6, 6.07) is 12.9. The molecule has 35 heavy (non-hydrogen) atoms. The van der Waals surface area contributed by atoms with Crippen molar-refractivity contribution in [3.63, 3.8) is 0 Å². The second-order valence-corrected chi connectivity index (χ2v) is 9.02. The number of benzene rings is 2. The third-order valence-electron chi connectivity index (χ3n) is 4.67. The Morgan fingerprint density at radius 1 is 1.11 bits per heavy atom. The summed E-state index contributed by atoms with van der Waals surface area (Å²) in [7, 11) is 0. The summed E-state index contributed by atoms with van der Waals surface area (Å²) >= 11 is 6.23. The van der Waals surface area contributed by atoms with Crippen LogP contribution in [0.25, 0.3) is 0 Å². The first-order valence-corrected chi connectivity index (χ1v) is 11.1. The number of amides is 2. The zero-order chi connectivity index (χ0) is 25.6. The Morgan fingerprint density at radius 2 is 1.83 bits per heavy atom. The van der Waals surface area contributed by atoms with Crippen LogP contribution in [0.4, 0.5) is 10.5 Å². The molecule has 0 spiro atoms. The predicted octanol–water partition coefficient (Wildman–Crippen LogP) is 4.97. The molecule has 0 unspecified atom stereocenters. The van der Waals surface area contributed by atoms with Crippen LogP contribution in [0.3, 0.4) is 0 Å². The van der Waals surface area contributed by atoms with Crippen LogP contribution in [-0.2, 0) is 6.54 Å². The van der Waals surface area contributed by atoms with Gasteiger partial charge in [0.15, 0.2) is 5.69 Å². The highest BCUT2D eigenvalue weighted by Gasteiger charge is 2.16. The van der Waals surface area contributed by atoms with E-state index in [9.17, 15) is 9.59 Å². The Balaban J connectivity index is 1.58. The van der Waals surface area contributed by atoms with E-state index in [4.69, 9.17) is 31.9 Å². The molecule has 0 aliphatic carbocycles. The number of hydrogen-bond donors (Lipinski definition) is 4. The third-order valence-corrected chi connectivity index (χ3v) is 5.08. The molecule has 0 atom stereocenters. The van der Waals surface area contributed by atoms with E-state index < -0.39 is 17.5 Å². The number of aromatic carboxylic acids is 1. The predicted molar refractivity (Wildman–Crippen MR) is 134 cm³/mol. The number of hydrogen-bond acceptors (Lipinski definition) is 6. The number of nitrogens with two attached hydrogens (primary N) is 1. The number of aryl methyl sites for hydroxylation is 1. The van der Waals surface area contributed by atoms with Gasteiger partial charge < -0.3 is 30.9 Å². The smallest absolute Gasteiger partial charge is 0.354 e. The summed E-state index contributed by atoms with van der Waals surface area (Å²) in [5.41, 5.74) is 7.43. The molecule has 3 aromatic rings. The highest BCUT2D eigenvalue weighted by Crippen LogP contribution is 2.31. The van der Waals surface area contributed by atoms with Crippen molar-refractivity contribution >= 4 is 29.3 Å². The van der Waals surface area contributed by atoms with Crippen molar-refractivity contribution < 1.29 is 24.2 Å². The number of carboxylic acids is 1. The molecule has 9 nitrogen and oxygen atoms in total. The van der Waals surface area contributed by atoms with E-state index in [1.165, 1.54) is 12.3 Å². The van der Waals surface area contributed by atoms with Crippen LogP contribution < -0.4 is 25.8 Å². The van der Waals surface area contributed by atoms with Crippen LogP contribution in [0.1, 0.15) is 35.5 Å². The van der Waals surface area contributed by atoms with Gasteiger partial charge in [0.2, 0.25) is 0 Å². The lowest BCUT2D eigenvalue weighted by Crippen LogP contribution is -2.38. The fourth-order valence-corrected chi connectivity index (χ4v) is 3.05. The molecule has 1 heterocycles. The molecule has 0 saturated carbocycles. The van der Waals surface area contributed by atoms with Crippen LogP contribution in [-0.4, -0.2) is 34.2 Å². The molecule has 0 bridgehead atoms. The molecule has 0 fully saturated rings. The van der Waals surface area contributed by atoms with E-state index >= 15 is 0 Å². The SMILES string of the molecule is Cc1cc(OCC(C)(C)N)c(NC(=O)NCc2ccc(Oc3ccnc(C(=O)O)c3)cc2)cc1Cl. The largest absolute Gasteiger partial charge is 0.490 e. The van der Waals surface area contributed by atoms with E-state index in [2.05, 4.69) is 15.6 Å². The Labute approximate surface area is 208 Å². The molecule has 0 aliphatic rings. The topological polar surface area (TPSA) is 136 Å². The zero-order valence-corrected chi connectivity index (χ0v) is 20.3. The molecule has 2 amide bonds. The van der Waals surface area contributed by atoms with Crippen LogP contribution >= 0.6 is 11.6 Å². The summed E-state index contributed by atoms with van der Waals surface area (Å²) in [6.45, 7) is 6.05. The zero-order valence-electron chi connectivity index (χ0n) is 19.6. The van der Waals surface area contributed by atoms with E-state index in [1.54, 1.807) is 42.5 Å². The second kappa shape index (κ2) is 11.1. The van der Waals surface area contributed by atoms with Crippen molar-refractivity contribution in [2.45, 2.75) is 32.9 Å². The number of rotatable bonds is 9. The van der Waals surface area contributed by atoms with Crippen molar-refractivity contribution in [2.24, 2.45) is 5.73 Å². The quantitative estimate of drug-likeness (QED) is 0.327. The molecular formula is C25H27ClN4O5. The molecular weight excluding hydrogens is 472 g/mol. The van der Waals surface area contributed by atoms with E-state index in [1.807, 2.05) is 20.8 Å². The fraction of sp³-hybridized carbons (Fsp3) is 0.240. The van der Waals surface area contributed by atoms with Crippen molar-refractivity contribution in [2.75, 3.05) is 11.9 Å². The van der Waals surface area contributed by atoms with Gasteiger partial charge >= 0.3 is 12.0 Å². The minimum atomic E-state index is -1.13. The van der Waals surface area contributed by atoms with Gasteiger partial charge in [-0.3, -0.25) is 0 Å². The van der Waals surface area contributed by atoms with Gasteiger partial charge in [-0.1, -0.05) is 23.7 Å². The summed E-state index contributed by atoms with van der Waals surface area (Å²) in [4.78, 5) is 27.3. The number of aromatic nitrogens is 1. The minimum absolute atomic E-state index is 0.107. The number of anilines is 1. The van der Waals surface area contributed by atoms with E-state index in [-0.39, 0.29) is 18.8 Å². The van der Waals surface area contributed by atoms with Gasteiger partial charge in [-0.25, -0.2) is 14.6 Å². The van der Waals surface area contributed by atoms with Gasteiger partial charge in [0.25, 0.3) is 0 Å². The monoisotopic (exact) mass is 498 g/mol. The maximum atomic E-state index is 12.5. The Kier molecular flexibility index (Phi) is 8.16. The number of urea groups is 1. The van der Waals surface area contributed by atoms with Crippen molar-refractivity contribution in [3.05, 3.63) is 76.6 Å². The molecule has 3 rings (SSSR count). The van der Waals surface area contributed by atoms with Gasteiger partial charge in [-0.05, 0) is 62.2 Å². The minimum Gasteiger partial charge on any atom is -0.490 e. The van der Waals surface area contributed by atoms with Crippen molar-refractivity contribution in [1.82, 2.24) is 10.3 Å². The average Bonchev–Trinajstić information content (AvgIpc) is 2.79. The number of carbonyl (C=O) groups excluding carboxylic acids is 1. The highest BCUT2D eigenvalue weighted by molar-refractivity contribution is 6.31. The lowest BCUT2D eigenvalue weighted by molar-refractivity contribution is 0.0690.